The van der Waals surface area contributed by atoms with Crippen LogP contribution in [-0.2, 0) is 27.9 Å². The van der Waals surface area contributed by atoms with Crippen LogP contribution in [0.1, 0.15) is 25.1 Å². The summed E-state index contributed by atoms with van der Waals surface area (Å²) in [5, 5.41) is 3.09. The summed E-state index contributed by atoms with van der Waals surface area (Å²) in [6.07, 6.45) is 1.97. The third-order valence-electron chi connectivity index (χ3n) is 6.48. The molecule has 2 saturated heterocycles. The number of nitrogens with zero attached hydrogens (tertiary/aromatic N) is 4. The molecule has 2 aliphatic rings. The zero-order valence-corrected chi connectivity index (χ0v) is 17.3. The monoisotopic (exact) mass is 399 g/mol. The van der Waals surface area contributed by atoms with E-state index in [1.54, 1.807) is 0 Å². The minimum atomic E-state index is -0.208. The average Bonchev–Trinajstić information content (AvgIpc) is 3.25. The summed E-state index contributed by atoms with van der Waals surface area (Å²) < 4.78 is 6.88. The Morgan fingerprint density at radius 3 is 2.86 bits per heavy atom. The van der Waals surface area contributed by atoms with E-state index < -0.39 is 0 Å². The zero-order valence-electron chi connectivity index (χ0n) is 17.3. The van der Waals surface area contributed by atoms with Gasteiger partial charge < -0.3 is 14.6 Å². The van der Waals surface area contributed by atoms with Gasteiger partial charge in [-0.2, -0.15) is 0 Å². The first-order valence-corrected chi connectivity index (χ1v) is 10.2. The fourth-order valence-electron chi connectivity index (χ4n) is 4.73. The summed E-state index contributed by atoms with van der Waals surface area (Å²) in [6.45, 7) is 2.04. The molecule has 1 N–H and O–H groups in total. The van der Waals surface area contributed by atoms with Crippen molar-refractivity contribution >= 4 is 22.9 Å². The van der Waals surface area contributed by atoms with Crippen molar-refractivity contribution in [2.75, 3.05) is 27.2 Å². The molecule has 0 radical (unpaired) electrons. The molecule has 3 heterocycles. The number of imidazole rings is 1. The third-order valence-corrected chi connectivity index (χ3v) is 6.48. The van der Waals surface area contributed by atoms with Crippen LogP contribution in [0.5, 0.6) is 0 Å². The van der Waals surface area contributed by atoms with E-state index in [1.165, 1.54) is 7.11 Å². The summed E-state index contributed by atoms with van der Waals surface area (Å²) in [7, 11) is 5.51. The number of benzene rings is 1. The maximum atomic E-state index is 12.9. The minimum absolute atomic E-state index is 0.0682. The number of rotatable bonds is 5. The van der Waals surface area contributed by atoms with E-state index in [2.05, 4.69) is 32.8 Å². The Bertz CT molecular complexity index is 911. The van der Waals surface area contributed by atoms with Crippen LogP contribution in [0.15, 0.2) is 24.3 Å². The van der Waals surface area contributed by atoms with Crippen molar-refractivity contribution in [3.8, 4) is 0 Å². The fourth-order valence-corrected chi connectivity index (χ4v) is 4.73. The molecular formula is C21H29N5O3. The van der Waals surface area contributed by atoms with Crippen LogP contribution in [-0.4, -0.2) is 76.6 Å². The van der Waals surface area contributed by atoms with Crippen LogP contribution in [0.4, 0.5) is 0 Å². The Morgan fingerprint density at radius 1 is 1.31 bits per heavy atom. The molecule has 1 amide bonds. The Balaban J connectivity index is 1.51. The van der Waals surface area contributed by atoms with Crippen LogP contribution < -0.4 is 5.32 Å². The lowest BCUT2D eigenvalue weighted by Gasteiger charge is -2.32. The second kappa shape index (κ2) is 8.12. The standard InChI is InChI=1S/C21H29N5O3/c1-24-14(8-9-19(27)29-3)12-22-21(28)20-17(24)10-11-26(20)13-18-23-15-6-4-5-7-16(15)25(18)2/h4-7,14,17,20H,8-13H2,1-3H3,(H,22,28). The molecule has 156 valence electrons. The van der Waals surface area contributed by atoms with E-state index in [4.69, 9.17) is 9.72 Å². The number of esters is 1. The Kier molecular flexibility index (Phi) is 5.56. The molecular weight excluding hydrogens is 370 g/mol. The molecule has 8 nitrogen and oxygen atoms in total. The first kappa shape index (κ1) is 19.8. The van der Waals surface area contributed by atoms with E-state index in [0.717, 1.165) is 29.8 Å². The lowest BCUT2D eigenvalue weighted by molar-refractivity contribution is -0.141. The maximum absolute atomic E-state index is 12.9. The van der Waals surface area contributed by atoms with E-state index in [0.29, 0.717) is 25.9 Å². The number of amides is 1. The molecule has 0 spiro atoms. The number of carbonyl (C=O) groups excluding carboxylic acids is 2. The smallest absolute Gasteiger partial charge is 0.305 e. The molecule has 29 heavy (non-hydrogen) atoms. The van der Waals surface area contributed by atoms with Crippen molar-refractivity contribution in [1.29, 1.82) is 0 Å². The van der Waals surface area contributed by atoms with Gasteiger partial charge in [-0.15, -0.1) is 0 Å². The van der Waals surface area contributed by atoms with Gasteiger partial charge in [-0.25, -0.2) is 4.98 Å². The average molecular weight is 399 g/mol. The molecule has 2 fully saturated rings. The molecule has 0 bridgehead atoms. The number of hydrogen-bond donors (Lipinski definition) is 1. The Labute approximate surface area is 170 Å². The summed E-state index contributed by atoms with van der Waals surface area (Å²) in [4.78, 5) is 33.8. The highest BCUT2D eigenvalue weighted by atomic mass is 16.5. The van der Waals surface area contributed by atoms with Gasteiger partial charge in [0, 0.05) is 38.6 Å². The van der Waals surface area contributed by atoms with Gasteiger partial charge in [0.25, 0.3) is 0 Å². The molecule has 1 aromatic carbocycles. The molecule has 1 aromatic heterocycles. The molecule has 2 aliphatic heterocycles. The molecule has 0 saturated carbocycles. The molecule has 3 unspecified atom stereocenters. The van der Waals surface area contributed by atoms with Crippen LogP contribution in [0.2, 0.25) is 0 Å². The zero-order chi connectivity index (χ0) is 20.5. The first-order valence-electron chi connectivity index (χ1n) is 10.2. The first-order chi connectivity index (χ1) is 14.0. The lowest BCUT2D eigenvalue weighted by Crippen LogP contribution is -2.49. The van der Waals surface area contributed by atoms with Crippen molar-refractivity contribution in [3.05, 3.63) is 30.1 Å². The number of nitrogens with one attached hydrogen (secondary N) is 1. The van der Waals surface area contributed by atoms with Crippen molar-refractivity contribution in [3.63, 3.8) is 0 Å². The maximum Gasteiger partial charge on any atom is 0.305 e. The molecule has 4 rings (SSSR count). The minimum Gasteiger partial charge on any atom is -0.469 e. The highest BCUT2D eigenvalue weighted by Gasteiger charge is 2.45. The third kappa shape index (κ3) is 3.74. The van der Waals surface area contributed by atoms with Gasteiger partial charge in [-0.1, -0.05) is 12.1 Å². The van der Waals surface area contributed by atoms with Gasteiger partial charge >= 0.3 is 5.97 Å². The van der Waals surface area contributed by atoms with Gasteiger partial charge in [0.1, 0.15) is 11.9 Å². The second-order valence-corrected chi connectivity index (χ2v) is 8.03. The molecule has 3 atom stereocenters. The van der Waals surface area contributed by atoms with Crippen molar-refractivity contribution < 1.29 is 14.3 Å². The number of aromatic nitrogens is 2. The number of fused-ring (bicyclic) bond motifs is 2. The summed E-state index contributed by atoms with van der Waals surface area (Å²) in [5.41, 5.74) is 2.08. The van der Waals surface area contributed by atoms with E-state index in [1.807, 2.05) is 25.2 Å². The summed E-state index contributed by atoms with van der Waals surface area (Å²) in [6, 6.07) is 8.15. The number of ether oxygens (including phenoxy) is 1. The summed E-state index contributed by atoms with van der Waals surface area (Å²) >= 11 is 0. The fraction of sp³-hybridized carbons (Fsp3) is 0.571. The van der Waals surface area contributed by atoms with Gasteiger partial charge in [0.05, 0.1) is 24.7 Å². The van der Waals surface area contributed by atoms with Crippen LogP contribution in [0.3, 0.4) is 0 Å². The number of hydrogen-bond acceptors (Lipinski definition) is 6. The van der Waals surface area contributed by atoms with Crippen molar-refractivity contribution in [2.24, 2.45) is 7.05 Å². The number of likely N-dealkylation sites (N-methyl/N-ethyl adjacent to an activating group) is 1. The second-order valence-electron chi connectivity index (χ2n) is 8.03. The Morgan fingerprint density at radius 2 is 2.10 bits per heavy atom. The molecule has 0 aliphatic carbocycles. The molecule has 2 aromatic rings. The normalized spacial score (nSPS) is 25.6. The number of aryl methyl sites for hydroxylation is 1. The largest absolute Gasteiger partial charge is 0.469 e. The van der Waals surface area contributed by atoms with Gasteiger partial charge in [-0.05, 0) is 32.0 Å². The summed E-state index contributed by atoms with van der Waals surface area (Å²) in [5.74, 6) is 0.827. The number of likely N-dealkylation sites (tertiary alicyclic amines) is 1. The predicted octanol–water partition coefficient (Wildman–Crippen LogP) is 0.900. The van der Waals surface area contributed by atoms with Crippen LogP contribution >= 0.6 is 0 Å². The quantitative estimate of drug-likeness (QED) is 0.753. The predicted molar refractivity (Wildman–Crippen MR) is 109 cm³/mol. The van der Waals surface area contributed by atoms with Gasteiger partial charge in [0.2, 0.25) is 5.91 Å². The SMILES string of the molecule is COC(=O)CCC1CNC(=O)C2C(CCN2Cc2nc3ccccc3n2C)N1C. The van der Waals surface area contributed by atoms with Crippen molar-refractivity contribution in [1.82, 2.24) is 24.7 Å². The van der Waals surface area contributed by atoms with E-state index in [-0.39, 0.29) is 30.0 Å². The van der Waals surface area contributed by atoms with Gasteiger partial charge in [-0.3, -0.25) is 19.4 Å². The van der Waals surface area contributed by atoms with Gasteiger partial charge in [0.15, 0.2) is 0 Å². The number of methoxy groups -OCH3 is 1. The highest BCUT2D eigenvalue weighted by molar-refractivity contribution is 5.83. The van der Waals surface area contributed by atoms with Crippen LogP contribution in [0, 0.1) is 0 Å². The van der Waals surface area contributed by atoms with E-state index >= 15 is 0 Å². The molecule has 8 heteroatoms. The highest BCUT2D eigenvalue weighted by Crippen LogP contribution is 2.29. The van der Waals surface area contributed by atoms with Crippen molar-refractivity contribution in [2.45, 2.75) is 43.9 Å². The number of carbonyl (C=O) groups is 2. The lowest BCUT2D eigenvalue weighted by atomic mass is 10.0. The topological polar surface area (TPSA) is 79.7 Å². The Hall–Kier alpha value is -2.45. The van der Waals surface area contributed by atoms with E-state index in [9.17, 15) is 9.59 Å². The van der Waals surface area contributed by atoms with Crippen LogP contribution in [0.25, 0.3) is 11.0 Å². The number of para-hydroxylation sites is 2.